The Bertz CT molecular complexity index is 1920. The molecule has 0 bridgehead atoms. The molecule has 0 amide bonds. The molecule has 2 aromatic heterocycles. The van der Waals surface area contributed by atoms with Crippen molar-refractivity contribution in [2.24, 2.45) is 5.73 Å². The van der Waals surface area contributed by atoms with Gasteiger partial charge in [0, 0.05) is 39.4 Å². The lowest BCUT2D eigenvalue weighted by Crippen LogP contribution is -2.15. The van der Waals surface area contributed by atoms with E-state index in [9.17, 15) is 22.3 Å². The monoisotopic (exact) mass is 597 g/mol. The van der Waals surface area contributed by atoms with E-state index in [4.69, 9.17) is 27.8 Å². The van der Waals surface area contributed by atoms with Crippen LogP contribution in [0.15, 0.2) is 77.8 Å². The van der Waals surface area contributed by atoms with Crippen LogP contribution in [0.2, 0.25) is 5.02 Å². The number of nitrogens with zero attached hydrogens (tertiary/aromatic N) is 2. The van der Waals surface area contributed by atoms with Gasteiger partial charge in [0.1, 0.15) is 34.3 Å². The number of aromatic nitrogens is 2. The fraction of sp³-hybridized carbons (Fsp3) is 0.0714. The minimum absolute atomic E-state index is 0.0539. The van der Waals surface area contributed by atoms with E-state index < -0.39 is 32.8 Å². The molecule has 5 aromatic rings. The van der Waals surface area contributed by atoms with E-state index in [0.717, 1.165) is 12.1 Å². The summed E-state index contributed by atoms with van der Waals surface area (Å²) in [4.78, 5) is 7.95. The van der Waals surface area contributed by atoms with Gasteiger partial charge in [0.2, 0.25) is 5.88 Å². The molecule has 9 nitrogen and oxygen atoms in total. The lowest BCUT2D eigenvalue weighted by Gasteiger charge is -2.14. The van der Waals surface area contributed by atoms with Gasteiger partial charge in [-0.2, -0.15) is 0 Å². The maximum absolute atomic E-state index is 14.2. The lowest BCUT2D eigenvalue weighted by molar-refractivity contribution is 0.186. The van der Waals surface area contributed by atoms with E-state index in [0.29, 0.717) is 44.8 Å². The Kier molecular flexibility index (Phi) is 7.49. The van der Waals surface area contributed by atoms with Gasteiger partial charge in [0.25, 0.3) is 10.0 Å². The first-order valence-corrected chi connectivity index (χ1v) is 13.8. The van der Waals surface area contributed by atoms with Crippen LogP contribution in [0.25, 0.3) is 33.2 Å². The number of nitrogens with one attached hydrogen (secondary N) is 1. The molecule has 0 fully saturated rings. The van der Waals surface area contributed by atoms with Crippen molar-refractivity contribution in [2.75, 3.05) is 17.6 Å². The fourth-order valence-electron chi connectivity index (χ4n) is 4.28. The molecule has 0 aliphatic heterocycles. The predicted molar refractivity (Wildman–Crippen MR) is 153 cm³/mol. The van der Waals surface area contributed by atoms with Crippen LogP contribution < -0.4 is 20.9 Å². The molecule has 13 heteroatoms. The third-order valence-corrected chi connectivity index (χ3v) is 8.01. The number of halogens is 3. The summed E-state index contributed by atoms with van der Waals surface area (Å²) in [5.41, 5.74) is 15.1. The van der Waals surface area contributed by atoms with Crippen molar-refractivity contribution in [1.29, 1.82) is 0 Å². The maximum atomic E-state index is 14.2. The third-order valence-electron chi connectivity index (χ3n) is 6.28. The average molecular weight is 598 g/mol. The number of fused-ring (bicyclic) bond motifs is 1. The Morgan fingerprint density at radius 2 is 1.76 bits per heavy atom. The second-order valence-electron chi connectivity index (χ2n) is 8.97. The molecule has 41 heavy (non-hydrogen) atoms. The molecular formula is C28H22ClF2N5O4S. The van der Waals surface area contributed by atoms with Gasteiger partial charge in [-0.25, -0.2) is 27.2 Å². The van der Waals surface area contributed by atoms with Crippen LogP contribution in [0.1, 0.15) is 11.8 Å². The minimum atomic E-state index is -4.45. The number of rotatable bonds is 7. The second kappa shape index (κ2) is 10.9. The van der Waals surface area contributed by atoms with Gasteiger partial charge in [-0.3, -0.25) is 4.72 Å². The summed E-state index contributed by atoms with van der Waals surface area (Å²) < 4.78 is 60.8. The quantitative estimate of drug-likeness (QED) is 0.186. The number of aliphatic hydroxyl groups excluding tert-OH is 1. The van der Waals surface area contributed by atoms with Gasteiger partial charge in [0.15, 0.2) is 0 Å². The Morgan fingerprint density at radius 3 is 2.44 bits per heavy atom. The number of nitrogens with two attached hydrogens (primary N) is 2. The smallest absolute Gasteiger partial charge is 0.264 e. The van der Waals surface area contributed by atoms with Crippen LogP contribution in [0.5, 0.6) is 5.88 Å². The molecule has 2 heterocycles. The zero-order chi connectivity index (χ0) is 29.5. The van der Waals surface area contributed by atoms with Crippen LogP contribution in [0.3, 0.4) is 0 Å². The molecule has 1 atom stereocenters. The van der Waals surface area contributed by atoms with Crippen molar-refractivity contribution in [2.45, 2.75) is 11.1 Å². The third kappa shape index (κ3) is 5.63. The highest BCUT2D eigenvalue weighted by molar-refractivity contribution is 7.92. The summed E-state index contributed by atoms with van der Waals surface area (Å²) in [6.45, 7) is 0. The van der Waals surface area contributed by atoms with Crippen molar-refractivity contribution in [3.05, 3.63) is 95.1 Å². The Balaban J connectivity index is 1.54. The molecule has 3 aromatic carbocycles. The second-order valence-corrected chi connectivity index (χ2v) is 11.0. The van der Waals surface area contributed by atoms with E-state index in [1.54, 1.807) is 30.3 Å². The molecule has 0 radical (unpaired) electrons. The molecule has 0 aliphatic carbocycles. The lowest BCUT2D eigenvalue weighted by atomic mass is 10.00. The highest BCUT2D eigenvalue weighted by Crippen LogP contribution is 2.35. The van der Waals surface area contributed by atoms with Gasteiger partial charge < -0.3 is 21.3 Å². The molecule has 0 aliphatic rings. The largest absolute Gasteiger partial charge is 0.480 e. The van der Waals surface area contributed by atoms with Gasteiger partial charge >= 0.3 is 0 Å². The zero-order valence-corrected chi connectivity index (χ0v) is 22.8. The normalized spacial score (nSPS) is 12.3. The van der Waals surface area contributed by atoms with Crippen molar-refractivity contribution in [3.8, 4) is 28.1 Å². The van der Waals surface area contributed by atoms with E-state index in [1.807, 2.05) is 12.1 Å². The number of hydrogen-bond donors (Lipinski definition) is 4. The summed E-state index contributed by atoms with van der Waals surface area (Å²) in [6, 6.07) is 15.7. The Hall–Kier alpha value is -4.36. The van der Waals surface area contributed by atoms with E-state index >= 15 is 0 Å². The van der Waals surface area contributed by atoms with Gasteiger partial charge in [-0.15, -0.1) is 0 Å². The Labute approximate surface area is 238 Å². The molecule has 0 spiro atoms. The zero-order valence-electron chi connectivity index (χ0n) is 21.3. The fourth-order valence-corrected chi connectivity index (χ4v) is 5.68. The number of benzene rings is 3. The van der Waals surface area contributed by atoms with Crippen molar-refractivity contribution < 1.29 is 27.0 Å². The topological polar surface area (TPSA) is 153 Å². The first kappa shape index (κ1) is 28.2. The molecule has 6 N–H and O–H groups in total. The first-order chi connectivity index (χ1) is 19.5. The molecule has 5 rings (SSSR count). The number of anilines is 2. The average Bonchev–Trinajstić information content (AvgIpc) is 2.91. The Morgan fingerprint density at radius 1 is 1.00 bits per heavy atom. The highest BCUT2D eigenvalue weighted by Gasteiger charge is 2.22. The molecule has 0 saturated carbocycles. The predicted octanol–water partition coefficient (Wildman–Crippen LogP) is 5.24. The summed E-state index contributed by atoms with van der Waals surface area (Å²) in [5, 5.41) is 10.6. The number of hydrogen-bond acceptors (Lipinski definition) is 8. The minimum Gasteiger partial charge on any atom is -0.480 e. The number of methoxy groups -OCH3 is 1. The molecular weight excluding hydrogens is 576 g/mol. The van der Waals surface area contributed by atoms with Gasteiger partial charge in [-0.05, 0) is 53.6 Å². The number of sulfonamides is 1. The summed E-state index contributed by atoms with van der Waals surface area (Å²) in [5.74, 6) is -1.95. The molecule has 1 unspecified atom stereocenters. The molecule has 0 saturated heterocycles. The van der Waals surface area contributed by atoms with Crippen LogP contribution in [-0.2, 0) is 10.0 Å². The number of aliphatic hydroxyl groups is 1. The van der Waals surface area contributed by atoms with E-state index in [2.05, 4.69) is 14.7 Å². The van der Waals surface area contributed by atoms with Gasteiger partial charge in [-0.1, -0.05) is 29.8 Å². The van der Waals surface area contributed by atoms with Crippen molar-refractivity contribution in [3.63, 3.8) is 0 Å². The van der Waals surface area contributed by atoms with Crippen LogP contribution in [0.4, 0.5) is 20.3 Å². The molecule has 210 valence electrons. The van der Waals surface area contributed by atoms with E-state index in [-0.39, 0.29) is 22.4 Å². The van der Waals surface area contributed by atoms with E-state index in [1.165, 1.54) is 19.4 Å². The number of nitrogen functional groups attached to an aromatic ring is 1. The van der Waals surface area contributed by atoms with Gasteiger partial charge in [0.05, 0.1) is 12.6 Å². The highest BCUT2D eigenvalue weighted by atomic mass is 35.5. The van der Waals surface area contributed by atoms with Crippen molar-refractivity contribution >= 4 is 44.0 Å². The van der Waals surface area contributed by atoms with Crippen molar-refractivity contribution in [1.82, 2.24) is 9.97 Å². The SMILES string of the molecule is COc1ncc(-c2ccc3nc(N)c(-c4ccc(C(N)O)c(Cl)c4)cc3c2)cc1NS(=O)(=O)c1ccc(F)cc1F. The number of ether oxygens (including phenoxy) is 1. The first-order valence-electron chi connectivity index (χ1n) is 11.9. The summed E-state index contributed by atoms with van der Waals surface area (Å²) in [6.07, 6.45) is 0.256. The summed E-state index contributed by atoms with van der Waals surface area (Å²) >= 11 is 6.29. The van der Waals surface area contributed by atoms with Crippen LogP contribution >= 0.6 is 11.6 Å². The van der Waals surface area contributed by atoms with Crippen LogP contribution in [-0.4, -0.2) is 30.6 Å². The summed E-state index contributed by atoms with van der Waals surface area (Å²) in [7, 11) is -3.15. The standard InChI is InChI=1S/C28H22ClF2N5O4S/c1-40-28-24(36-41(38,39)25-7-4-18(30)12-22(25)31)11-17(13-34-28)14-3-6-23-16(8-14)9-20(26(32)35-23)15-2-5-19(27(33)37)21(29)10-15/h2-13,27,36-37H,33H2,1H3,(H2,32,35). The van der Waals surface area contributed by atoms with Crippen LogP contribution in [0, 0.1) is 11.6 Å². The maximum Gasteiger partial charge on any atom is 0.264 e. The number of pyridine rings is 2.